The Morgan fingerprint density at radius 3 is 2.12 bits per heavy atom. The maximum Gasteiger partial charge on any atom is 0.243 e. The third kappa shape index (κ3) is 5.08. The van der Waals surface area contributed by atoms with Crippen LogP contribution in [0.15, 0.2) is 48.5 Å². The SMILES string of the molecule is N#CCc1ccc(NC(=O)CNc2ccc(NC(=O)C3CC3)cc2)cc1. The van der Waals surface area contributed by atoms with Gasteiger partial charge in [0.15, 0.2) is 0 Å². The Morgan fingerprint density at radius 1 is 0.923 bits per heavy atom. The van der Waals surface area contributed by atoms with Gasteiger partial charge in [0, 0.05) is 23.0 Å². The van der Waals surface area contributed by atoms with Gasteiger partial charge >= 0.3 is 0 Å². The first-order valence-corrected chi connectivity index (χ1v) is 8.54. The number of hydrogen-bond donors (Lipinski definition) is 3. The molecule has 0 saturated heterocycles. The number of benzene rings is 2. The van der Waals surface area contributed by atoms with Crippen molar-refractivity contribution in [2.45, 2.75) is 19.3 Å². The van der Waals surface area contributed by atoms with Crippen LogP contribution in [0.25, 0.3) is 0 Å². The van der Waals surface area contributed by atoms with Gasteiger partial charge in [0.2, 0.25) is 11.8 Å². The molecule has 0 atom stereocenters. The van der Waals surface area contributed by atoms with E-state index in [0.29, 0.717) is 12.1 Å². The van der Waals surface area contributed by atoms with Gasteiger partial charge in [-0.05, 0) is 54.8 Å². The zero-order valence-electron chi connectivity index (χ0n) is 14.3. The second-order valence-corrected chi connectivity index (χ2v) is 6.27. The first-order chi connectivity index (χ1) is 12.6. The monoisotopic (exact) mass is 348 g/mol. The van der Waals surface area contributed by atoms with Gasteiger partial charge in [-0.1, -0.05) is 12.1 Å². The molecule has 3 N–H and O–H groups in total. The molecule has 0 heterocycles. The fraction of sp³-hybridized carbons (Fsp3) is 0.250. The van der Waals surface area contributed by atoms with Gasteiger partial charge in [0.1, 0.15) is 0 Å². The number of rotatable bonds is 7. The van der Waals surface area contributed by atoms with Crippen LogP contribution in [0.5, 0.6) is 0 Å². The van der Waals surface area contributed by atoms with E-state index in [1.807, 2.05) is 36.4 Å². The molecule has 1 fully saturated rings. The third-order valence-corrected chi connectivity index (χ3v) is 4.07. The van der Waals surface area contributed by atoms with Crippen LogP contribution in [0.1, 0.15) is 18.4 Å². The van der Waals surface area contributed by atoms with E-state index in [1.165, 1.54) is 0 Å². The molecule has 6 nitrogen and oxygen atoms in total. The summed E-state index contributed by atoms with van der Waals surface area (Å²) in [6, 6.07) is 16.6. The minimum atomic E-state index is -0.163. The van der Waals surface area contributed by atoms with Crippen molar-refractivity contribution >= 4 is 28.9 Å². The highest BCUT2D eigenvalue weighted by molar-refractivity contribution is 5.95. The highest BCUT2D eigenvalue weighted by atomic mass is 16.2. The molecule has 0 aliphatic heterocycles. The van der Waals surface area contributed by atoms with Gasteiger partial charge in [-0.25, -0.2) is 0 Å². The van der Waals surface area contributed by atoms with Gasteiger partial charge in [0.05, 0.1) is 19.0 Å². The molecule has 2 aromatic carbocycles. The summed E-state index contributed by atoms with van der Waals surface area (Å²) in [4.78, 5) is 23.7. The van der Waals surface area contributed by atoms with E-state index in [4.69, 9.17) is 5.26 Å². The van der Waals surface area contributed by atoms with Gasteiger partial charge in [-0.3, -0.25) is 9.59 Å². The quantitative estimate of drug-likeness (QED) is 0.716. The largest absolute Gasteiger partial charge is 0.376 e. The van der Waals surface area contributed by atoms with Crippen LogP contribution < -0.4 is 16.0 Å². The molecule has 0 aromatic heterocycles. The second kappa shape index (κ2) is 8.17. The number of carbonyl (C=O) groups is 2. The number of carbonyl (C=O) groups excluding carboxylic acids is 2. The Kier molecular flexibility index (Phi) is 5.49. The predicted octanol–water partition coefficient (Wildman–Crippen LogP) is 3.15. The summed E-state index contributed by atoms with van der Waals surface area (Å²) < 4.78 is 0. The fourth-order valence-electron chi connectivity index (χ4n) is 2.45. The summed E-state index contributed by atoms with van der Waals surface area (Å²) in [6.45, 7) is 0.133. The van der Waals surface area contributed by atoms with Crippen LogP contribution in [0, 0.1) is 17.2 Å². The van der Waals surface area contributed by atoms with Crippen LogP contribution in [-0.4, -0.2) is 18.4 Å². The van der Waals surface area contributed by atoms with Crippen LogP contribution in [0.2, 0.25) is 0 Å². The minimum absolute atomic E-state index is 0.0749. The first-order valence-electron chi connectivity index (χ1n) is 8.54. The topological polar surface area (TPSA) is 94.0 Å². The molecule has 2 aromatic rings. The van der Waals surface area contributed by atoms with Crippen molar-refractivity contribution in [3.63, 3.8) is 0 Å². The zero-order valence-corrected chi connectivity index (χ0v) is 14.3. The molecule has 26 heavy (non-hydrogen) atoms. The van der Waals surface area contributed by atoms with Gasteiger partial charge in [-0.15, -0.1) is 0 Å². The van der Waals surface area contributed by atoms with Gasteiger partial charge in [-0.2, -0.15) is 5.26 Å². The minimum Gasteiger partial charge on any atom is -0.376 e. The Hall–Kier alpha value is -3.33. The smallest absolute Gasteiger partial charge is 0.243 e. The van der Waals surface area contributed by atoms with Crippen molar-refractivity contribution in [3.05, 3.63) is 54.1 Å². The van der Waals surface area contributed by atoms with Crippen LogP contribution in [-0.2, 0) is 16.0 Å². The van der Waals surface area contributed by atoms with Crippen LogP contribution in [0.4, 0.5) is 17.1 Å². The Balaban J connectivity index is 1.44. The zero-order chi connectivity index (χ0) is 18.4. The average molecular weight is 348 g/mol. The van der Waals surface area contributed by atoms with Crippen molar-refractivity contribution in [1.82, 2.24) is 0 Å². The number of amides is 2. The number of anilines is 3. The second-order valence-electron chi connectivity index (χ2n) is 6.27. The fourth-order valence-corrected chi connectivity index (χ4v) is 2.45. The lowest BCUT2D eigenvalue weighted by atomic mass is 10.1. The Bertz CT molecular complexity index is 818. The van der Waals surface area contributed by atoms with E-state index in [0.717, 1.165) is 29.8 Å². The molecular weight excluding hydrogens is 328 g/mol. The van der Waals surface area contributed by atoms with Gasteiger partial charge in [0.25, 0.3) is 0 Å². The normalized spacial score (nSPS) is 12.7. The summed E-state index contributed by atoms with van der Waals surface area (Å²) in [5.74, 6) is 0.0838. The summed E-state index contributed by atoms with van der Waals surface area (Å²) in [5.41, 5.74) is 3.16. The molecule has 3 rings (SSSR count). The number of nitrogens with one attached hydrogen (secondary N) is 3. The van der Waals surface area contributed by atoms with Crippen LogP contribution in [0.3, 0.4) is 0 Å². The summed E-state index contributed by atoms with van der Waals surface area (Å²) >= 11 is 0. The lowest BCUT2D eigenvalue weighted by Crippen LogP contribution is -2.21. The summed E-state index contributed by atoms with van der Waals surface area (Å²) in [7, 11) is 0. The molecule has 1 aliphatic carbocycles. The highest BCUT2D eigenvalue weighted by Gasteiger charge is 2.29. The van der Waals surface area contributed by atoms with E-state index in [2.05, 4.69) is 22.0 Å². The molecule has 132 valence electrons. The van der Waals surface area contributed by atoms with Crippen molar-refractivity contribution in [2.75, 3.05) is 22.5 Å². The Morgan fingerprint density at radius 2 is 1.50 bits per heavy atom. The molecule has 1 aliphatic rings. The Labute approximate surface area is 152 Å². The average Bonchev–Trinajstić information content (AvgIpc) is 3.48. The number of nitrogens with zero attached hydrogens (tertiary/aromatic N) is 1. The molecule has 0 radical (unpaired) electrons. The third-order valence-electron chi connectivity index (χ3n) is 4.07. The molecule has 1 saturated carbocycles. The van der Waals surface area contributed by atoms with Crippen molar-refractivity contribution < 1.29 is 9.59 Å². The maximum absolute atomic E-state index is 12.0. The molecule has 0 unspecified atom stereocenters. The standard InChI is InChI=1S/C20H20N4O2/c21-12-11-14-1-5-17(6-2-14)23-19(25)13-22-16-7-9-18(10-8-16)24-20(26)15-3-4-15/h1-2,5-10,15,22H,3-4,11,13H2,(H,23,25)(H,24,26). The van der Waals surface area contributed by atoms with E-state index < -0.39 is 0 Å². The first kappa shape index (κ1) is 17.5. The summed E-state index contributed by atoms with van der Waals surface area (Å²) in [6.07, 6.45) is 2.30. The molecular formula is C20H20N4O2. The number of hydrogen-bond acceptors (Lipinski definition) is 4. The highest BCUT2D eigenvalue weighted by Crippen LogP contribution is 2.30. The molecule has 0 bridgehead atoms. The van der Waals surface area contributed by atoms with E-state index in [-0.39, 0.29) is 24.3 Å². The number of nitriles is 1. The van der Waals surface area contributed by atoms with E-state index in [1.54, 1.807) is 12.1 Å². The molecule has 6 heteroatoms. The summed E-state index contributed by atoms with van der Waals surface area (Å²) in [5, 5.41) is 17.4. The molecule has 0 spiro atoms. The lowest BCUT2D eigenvalue weighted by molar-refractivity contribution is -0.117. The van der Waals surface area contributed by atoms with E-state index >= 15 is 0 Å². The van der Waals surface area contributed by atoms with Crippen molar-refractivity contribution in [1.29, 1.82) is 5.26 Å². The van der Waals surface area contributed by atoms with E-state index in [9.17, 15) is 9.59 Å². The van der Waals surface area contributed by atoms with Gasteiger partial charge < -0.3 is 16.0 Å². The maximum atomic E-state index is 12.0. The lowest BCUT2D eigenvalue weighted by Gasteiger charge is -2.09. The van der Waals surface area contributed by atoms with Crippen molar-refractivity contribution in [3.8, 4) is 6.07 Å². The van der Waals surface area contributed by atoms with Crippen LogP contribution >= 0.6 is 0 Å². The molecule has 2 amide bonds. The van der Waals surface area contributed by atoms with Crippen molar-refractivity contribution in [2.24, 2.45) is 5.92 Å². The predicted molar refractivity (Wildman–Crippen MR) is 101 cm³/mol.